The minimum Gasteiger partial charge on any atom is -0.404 e. The predicted octanol–water partition coefficient (Wildman–Crippen LogP) is 3.62. The van der Waals surface area contributed by atoms with Gasteiger partial charge < -0.3 is 23.7 Å². The lowest BCUT2D eigenvalue weighted by molar-refractivity contribution is -0.170. The maximum absolute atomic E-state index is 10.6. The molecule has 1 aliphatic heterocycles. The van der Waals surface area contributed by atoms with Crippen LogP contribution in [0.15, 0.2) is 60.7 Å². The van der Waals surface area contributed by atoms with E-state index < -0.39 is 38.0 Å². The molecule has 0 unspecified atom stereocenters. The zero-order valence-corrected chi connectivity index (χ0v) is 21.7. The van der Waals surface area contributed by atoms with Gasteiger partial charge in [0.15, 0.2) is 5.79 Å². The zero-order valence-electron chi connectivity index (χ0n) is 20.7. The van der Waals surface area contributed by atoms with Crippen molar-refractivity contribution in [3.05, 3.63) is 60.7 Å². The van der Waals surface area contributed by atoms with Crippen LogP contribution in [0.4, 0.5) is 0 Å². The Hall–Kier alpha value is -1.54. The van der Waals surface area contributed by atoms with E-state index in [4.69, 9.17) is 18.6 Å². The van der Waals surface area contributed by atoms with E-state index in [1.165, 1.54) is 10.4 Å². The first-order valence-electron chi connectivity index (χ1n) is 11.9. The molecule has 1 aliphatic carbocycles. The smallest absolute Gasteiger partial charge is 0.261 e. The normalized spacial score (nSPS) is 29.6. The predicted molar refractivity (Wildman–Crippen MR) is 132 cm³/mol. The minimum absolute atomic E-state index is 0.133. The van der Waals surface area contributed by atoms with E-state index >= 15 is 0 Å². The van der Waals surface area contributed by atoms with Crippen molar-refractivity contribution in [1.29, 1.82) is 0 Å². The average Bonchev–Trinajstić information content (AvgIpc) is 3.05. The molecule has 6 heteroatoms. The molecule has 2 aliphatic rings. The van der Waals surface area contributed by atoms with Crippen LogP contribution in [-0.4, -0.2) is 56.8 Å². The maximum atomic E-state index is 10.6. The van der Waals surface area contributed by atoms with E-state index in [2.05, 4.69) is 69.3 Å². The number of methoxy groups -OCH3 is 1. The second-order valence-electron chi connectivity index (χ2n) is 10.9. The molecule has 0 radical (unpaired) electrons. The summed E-state index contributed by atoms with van der Waals surface area (Å²) < 4.78 is 25.8. The molecule has 0 spiro atoms. The molecular weight excluding hydrogens is 432 g/mol. The zero-order chi connectivity index (χ0) is 23.9. The van der Waals surface area contributed by atoms with E-state index in [0.717, 1.165) is 0 Å². The second kappa shape index (κ2) is 8.91. The van der Waals surface area contributed by atoms with Gasteiger partial charge in [-0.25, -0.2) is 0 Å². The van der Waals surface area contributed by atoms with Crippen molar-refractivity contribution < 1.29 is 23.7 Å². The third kappa shape index (κ3) is 4.33. The van der Waals surface area contributed by atoms with Gasteiger partial charge in [-0.1, -0.05) is 81.4 Å². The lowest BCUT2D eigenvalue weighted by atomic mass is 9.79. The van der Waals surface area contributed by atoms with Gasteiger partial charge in [-0.3, -0.25) is 0 Å². The summed E-state index contributed by atoms with van der Waals surface area (Å²) in [4.78, 5) is 0. The average molecular weight is 471 g/mol. The summed E-state index contributed by atoms with van der Waals surface area (Å²) in [6.07, 6.45) is -0.208. The monoisotopic (exact) mass is 470 g/mol. The van der Waals surface area contributed by atoms with Crippen molar-refractivity contribution in [1.82, 2.24) is 0 Å². The van der Waals surface area contributed by atoms with Crippen LogP contribution in [0.5, 0.6) is 0 Å². The lowest BCUT2D eigenvalue weighted by Gasteiger charge is -2.47. The number of fused-ring (bicyclic) bond motifs is 1. The second-order valence-corrected chi connectivity index (χ2v) is 15.2. The summed E-state index contributed by atoms with van der Waals surface area (Å²) in [5.74, 6) is -0.777. The molecule has 0 aromatic heterocycles. The fourth-order valence-electron chi connectivity index (χ4n) is 5.76. The van der Waals surface area contributed by atoms with Crippen LogP contribution in [0.1, 0.15) is 47.5 Å². The molecule has 5 nitrogen and oxygen atoms in total. The first-order chi connectivity index (χ1) is 15.5. The summed E-state index contributed by atoms with van der Waals surface area (Å²) >= 11 is 0. The maximum Gasteiger partial charge on any atom is 0.261 e. The van der Waals surface area contributed by atoms with Gasteiger partial charge in [0.05, 0.1) is 12.7 Å². The lowest BCUT2D eigenvalue weighted by Crippen LogP contribution is -2.69. The number of hydrogen-bond acceptors (Lipinski definition) is 5. The molecule has 0 bridgehead atoms. The summed E-state index contributed by atoms with van der Waals surface area (Å²) in [7, 11) is -1.11. The summed E-state index contributed by atoms with van der Waals surface area (Å²) in [5, 5.41) is 12.9. The number of hydrogen-bond donors (Lipinski definition) is 1. The van der Waals surface area contributed by atoms with Crippen molar-refractivity contribution >= 4 is 18.7 Å². The standard InChI is InChI=1S/C27H38O5Si/c1-25(2,3)33(20-13-9-7-10-14-20,21-15-11-8-12-16-21)30-19-27-18-17-22(28)23(29-6)24(27)31-26(4,5)32-27/h7-16,22-24,28H,17-19H2,1-6H3/t22-,23-,24+,27+/m1/s1. The summed E-state index contributed by atoms with van der Waals surface area (Å²) in [6, 6.07) is 21.2. The van der Waals surface area contributed by atoms with Gasteiger partial charge in [-0.15, -0.1) is 0 Å². The largest absolute Gasteiger partial charge is 0.404 e. The molecule has 33 heavy (non-hydrogen) atoms. The van der Waals surface area contributed by atoms with Gasteiger partial charge in [0.1, 0.15) is 17.8 Å². The highest BCUT2D eigenvalue weighted by Gasteiger charge is 2.62. The van der Waals surface area contributed by atoms with Gasteiger partial charge in [-0.2, -0.15) is 0 Å². The van der Waals surface area contributed by atoms with E-state index in [1.807, 2.05) is 26.0 Å². The van der Waals surface area contributed by atoms with E-state index in [0.29, 0.717) is 19.4 Å². The molecule has 4 atom stereocenters. The SMILES string of the molecule is CO[C@@H]1[C@H](O)CC[C@@]2(CO[Si](c3ccccc3)(c3ccccc3)C(C)(C)C)OC(C)(C)O[C@@H]12. The van der Waals surface area contributed by atoms with Gasteiger partial charge in [0, 0.05) is 7.11 Å². The molecule has 1 N–H and O–H groups in total. The van der Waals surface area contributed by atoms with Gasteiger partial charge >= 0.3 is 0 Å². The number of ether oxygens (including phenoxy) is 3. The minimum atomic E-state index is -2.73. The molecule has 2 fully saturated rings. The number of rotatable bonds is 6. The molecule has 1 saturated heterocycles. The third-order valence-corrected chi connectivity index (χ3v) is 12.1. The summed E-state index contributed by atoms with van der Waals surface area (Å²) in [5.41, 5.74) is -0.684. The Kier molecular flexibility index (Phi) is 6.64. The van der Waals surface area contributed by atoms with Crippen LogP contribution in [0, 0.1) is 0 Å². The van der Waals surface area contributed by atoms with Crippen LogP contribution < -0.4 is 10.4 Å². The Morgan fingerprint density at radius 2 is 1.55 bits per heavy atom. The van der Waals surface area contributed by atoms with Crippen LogP contribution in [0.3, 0.4) is 0 Å². The molecule has 2 aromatic rings. The van der Waals surface area contributed by atoms with E-state index in [9.17, 15) is 5.11 Å². The highest BCUT2D eigenvalue weighted by atomic mass is 28.4. The van der Waals surface area contributed by atoms with Gasteiger partial charge in [0.2, 0.25) is 0 Å². The van der Waals surface area contributed by atoms with Crippen LogP contribution >= 0.6 is 0 Å². The van der Waals surface area contributed by atoms with Crippen molar-refractivity contribution in [3.63, 3.8) is 0 Å². The fourth-order valence-corrected chi connectivity index (χ4v) is 10.4. The van der Waals surface area contributed by atoms with E-state index in [-0.39, 0.29) is 5.04 Å². The molecule has 1 saturated carbocycles. The number of aliphatic hydroxyl groups excluding tert-OH is 1. The Morgan fingerprint density at radius 3 is 2.03 bits per heavy atom. The first kappa shape index (κ1) is 24.6. The Labute approximate surface area is 199 Å². The highest BCUT2D eigenvalue weighted by Crippen LogP contribution is 2.47. The molecule has 2 aromatic carbocycles. The van der Waals surface area contributed by atoms with Gasteiger partial charge in [0.25, 0.3) is 8.32 Å². The number of aliphatic hydroxyl groups is 1. The van der Waals surface area contributed by atoms with Crippen LogP contribution in [-0.2, 0) is 18.6 Å². The quantitative estimate of drug-likeness (QED) is 0.654. The first-order valence-corrected chi connectivity index (χ1v) is 13.8. The topological polar surface area (TPSA) is 57.2 Å². The molecular formula is C27H38O5Si. The highest BCUT2D eigenvalue weighted by molar-refractivity contribution is 6.99. The van der Waals surface area contributed by atoms with Gasteiger partial charge in [-0.05, 0) is 42.1 Å². The van der Waals surface area contributed by atoms with Crippen molar-refractivity contribution in [2.75, 3.05) is 13.7 Å². The van der Waals surface area contributed by atoms with Crippen molar-refractivity contribution in [2.45, 2.75) is 82.2 Å². The Balaban J connectivity index is 1.79. The van der Waals surface area contributed by atoms with Crippen molar-refractivity contribution in [2.24, 2.45) is 0 Å². The Morgan fingerprint density at radius 1 is 1.00 bits per heavy atom. The fraction of sp³-hybridized carbons (Fsp3) is 0.556. The van der Waals surface area contributed by atoms with E-state index in [1.54, 1.807) is 7.11 Å². The van der Waals surface area contributed by atoms with Crippen molar-refractivity contribution in [3.8, 4) is 0 Å². The molecule has 180 valence electrons. The van der Waals surface area contributed by atoms with Crippen LogP contribution in [0.2, 0.25) is 5.04 Å². The van der Waals surface area contributed by atoms with Crippen LogP contribution in [0.25, 0.3) is 0 Å². The summed E-state index contributed by atoms with van der Waals surface area (Å²) in [6.45, 7) is 11.0. The molecule has 0 amide bonds. The Bertz CT molecular complexity index is 887. The number of benzene rings is 2. The third-order valence-electron chi connectivity index (χ3n) is 7.14. The molecule has 4 rings (SSSR count). The molecule has 1 heterocycles.